The van der Waals surface area contributed by atoms with Gasteiger partial charge in [0.05, 0.1) is 11.6 Å². The van der Waals surface area contributed by atoms with Crippen molar-refractivity contribution in [3.63, 3.8) is 0 Å². The topological polar surface area (TPSA) is 30.5 Å². The molecule has 0 spiro atoms. The van der Waals surface area contributed by atoms with Crippen molar-refractivity contribution in [2.75, 3.05) is 21.3 Å². The summed E-state index contributed by atoms with van der Waals surface area (Å²) in [7, 11) is 4.64. The number of benzene rings is 1. The van der Waals surface area contributed by atoms with Crippen molar-refractivity contribution in [3.05, 3.63) is 35.4 Å². The van der Waals surface area contributed by atoms with Crippen LogP contribution < -0.4 is 5.32 Å². The Morgan fingerprint density at radius 1 is 1.06 bits per heavy atom. The highest BCUT2D eigenvalue weighted by Crippen LogP contribution is 2.30. The summed E-state index contributed by atoms with van der Waals surface area (Å²) < 4.78 is 47.5. The molecule has 1 aromatic rings. The molecule has 1 N–H and O–H groups in total. The number of alkyl halides is 3. The minimum absolute atomic E-state index is 0.331. The van der Waals surface area contributed by atoms with Gasteiger partial charge in [-0.1, -0.05) is 12.1 Å². The van der Waals surface area contributed by atoms with Crippen LogP contribution in [0.3, 0.4) is 0 Å². The Morgan fingerprint density at radius 3 is 1.89 bits per heavy atom. The third-order valence-corrected chi connectivity index (χ3v) is 2.64. The summed E-state index contributed by atoms with van der Waals surface area (Å²) in [6.07, 6.45) is -4.89. The van der Waals surface area contributed by atoms with Gasteiger partial charge in [0.25, 0.3) is 0 Å². The molecule has 1 rings (SSSR count). The van der Waals surface area contributed by atoms with Crippen LogP contribution in [0.25, 0.3) is 0 Å². The molecule has 0 bridgehead atoms. The molecule has 0 saturated heterocycles. The van der Waals surface area contributed by atoms with E-state index >= 15 is 0 Å². The van der Waals surface area contributed by atoms with Crippen LogP contribution in [-0.4, -0.2) is 27.6 Å². The normalized spacial score (nSPS) is 13.9. The molecule has 0 aliphatic carbocycles. The highest BCUT2D eigenvalue weighted by molar-refractivity contribution is 5.27. The van der Waals surface area contributed by atoms with Crippen molar-refractivity contribution in [1.29, 1.82) is 0 Å². The van der Waals surface area contributed by atoms with Gasteiger partial charge in [-0.3, -0.25) is 0 Å². The number of hydrogen-bond acceptors (Lipinski definition) is 3. The molecule has 0 fully saturated rings. The molecule has 0 aliphatic rings. The predicted molar refractivity (Wildman–Crippen MR) is 61.1 cm³/mol. The molecular weight excluding hydrogens is 247 g/mol. The van der Waals surface area contributed by atoms with E-state index in [-0.39, 0.29) is 6.04 Å². The first-order valence-corrected chi connectivity index (χ1v) is 5.34. The van der Waals surface area contributed by atoms with Crippen LogP contribution in [0.1, 0.15) is 17.2 Å². The average molecular weight is 263 g/mol. The van der Waals surface area contributed by atoms with E-state index in [1.807, 2.05) is 0 Å². The fraction of sp³-hybridized carbons (Fsp3) is 0.500. The molecule has 0 heterocycles. The summed E-state index contributed by atoms with van der Waals surface area (Å²) in [6.45, 7) is 0. The first-order chi connectivity index (χ1) is 8.43. The summed E-state index contributed by atoms with van der Waals surface area (Å²) in [6, 6.07) is 4.58. The summed E-state index contributed by atoms with van der Waals surface area (Å²) in [4.78, 5) is 0. The minimum atomic E-state index is -4.32. The number of ether oxygens (including phenoxy) is 2. The van der Waals surface area contributed by atoms with Crippen LogP contribution in [0.2, 0.25) is 0 Å². The van der Waals surface area contributed by atoms with Gasteiger partial charge in [0, 0.05) is 14.2 Å². The zero-order valence-corrected chi connectivity index (χ0v) is 10.4. The van der Waals surface area contributed by atoms with E-state index < -0.39 is 18.0 Å². The number of hydrogen-bond donors (Lipinski definition) is 1. The van der Waals surface area contributed by atoms with E-state index in [0.29, 0.717) is 5.56 Å². The molecule has 0 amide bonds. The van der Waals surface area contributed by atoms with E-state index in [4.69, 9.17) is 9.47 Å². The second-order valence-electron chi connectivity index (χ2n) is 3.73. The Hall–Kier alpha value is -1.11. The molecule has 0 aliphatic heterocycles. The lowest BCUT2D eigenvalue weighted by atomic mass is 10.0. The molecule has 6 heteroatoms. The summed E-state index contributed by atoms with van der Waals surface area (Å²) in [5.41, 5.74) is -0.00770. The number of methoxy groups -OCH3 is 2. The maximum atomic E-state index is 12.4. The third-order valence-electron chi connectivity index (χ3n) is 2.64. The second kappa shape index (κ2) is 6.17. The molecule has 0 aromatic heterocycles. The summed E-state index contributed by atoms with van der Waals surface area (Å²) in [5, 5.41) is 2.95. The predicted octanol–water partition coefficient (Wildman–Crippen LogP) is 2.58. The van der Waals surface area contributed by atoms with Crippen LogP contribution in [-0.2, 0) is 15.7 Å². The maximum absolute atomic E-state index is 12.4. The lowest BCUT2D eigenvalue weighted by Crippen LogP contribution is -2.32. The van der Waals surface area contributed by atoms with Crippen LogP contribution in [0.4, 0.5) is 13.2 Å². The Bertz CT molecular complexity index is 361. The van der Waals surface area contributed by atoms with Gasteiger partial charge < -0.3 is 14.8 Å². The Balaban J connectivity index is 2.95. The quantitative estimate of drug-likeness (QED) is 0.828. The first kappa shape index (κ1) is 14.9. The van der Waals surface area contributed by atoms with Gasteiger partial charge in [-0.05, 0) is 24.7 Å². The van der Waals surface area contributed by atoms with Gasteiger partial charge in [-0.2, -0.15) is 13.2 Å². The van der Waals surface area contributed by atoms with Crippen molar-refractivity contribution in [2.24, 2.45) is 0 Å². The van der Waals surface area contributed by atoms with Gasteiger partial charge in [-0.15, -0.1) is 0 Å². The van der Waals surface area contributed by atoms with E-state index in [1.165, 1.54) is 26.4 Å². The van der Waals surface area contributed by atoms with Gasteiger partial charge >= 0.3 is 6.18 Å². The monoisotopic (exact) mass is 263 g/mol. The molecule has 3 nitrogen and oxygen atoms in total. The zero-order valence-electron chi connectivity index (χ0n) is 10.4. The van der Waals surface area contributed by atoms with Crippen molar-refractivity contribution in [2.45, 2.75) is 18.5 Å². The van der Waals surface area contributed by atoms with Gasteiger partial charge in [0.1, 0.15) is 0 Å². The van der Waals surface area contributed by atoms with Gasteiger partial charge in [0.15, 0.2) is 6.29 Å². The van der Waals surface area contributed by atoms with Crippen LogP contribution in [0.15, 0.2) is 24.3 Å². The van der Waals surface area contributed by atoms with Crippen LogP contribution in [0.5, 0.6) is 0 Å². The zero-order chi connectivity index (χ0) is 13.8. The van der Waals surface area contributed by atoms with Crippen LogP contribution >= 0.6 is 0 Å². The smallest absolute Gasteiger partial charge is 0.354 e. The first-order valence-electron chi connectivity index (χ1n) is 5.34. The van der Waals surface area contributed by atoms with Gasteiger partial charge in [0.2, 0.25) is 0 Å². The Kier molecular flexibility index (Phi) is 5.13. The number of rotatable bonds is 5. The molecule has 18 heavy (non-hydrogen) atoms. The molecule has 0 saturated carbocycles. The number of halogens is 3. The SMILES string of the molecule is CNC(c1ccc(C(F)(F)F)cc1)C(OC)OC. The van der Waals surface area contributed by atoms with E-state index in [2.05, 4.69) is 5.32 Å². The fourth-order valence-corrected chi connectivity index (χ4v) is 1.71. The van der Waals surface area contributed by atoms with Crippen molar-refractivity contribution < 1.29 is 22.6 Å². The standard InChI is InChI=1S/C12H16F3NO2/c1-16-10(11(17-2)18-3)8-4-6-9(7-5-8)12(13,14)15/h4-7,10-11,16H,1-3H3. The fourth-order valence-electron chi connectivity index (χ4n) is 1.71. The lowest BCUT2D eigenvalue weighted by molar-refractivity contribution is -0.137. The Labute approximate surface area is 104 Å². The maximum Gasteiger partial charge on any atom is 0.416 e. The molecule has 1 aromatic carbocycles. The van der Waals surface area contributed by atoms with Gasteiger partial charge in [-0.25, -0.2) is 0 Å². The summed E-state index contributed by atoms with van der Waals surface area (Å²) in [5.74, 6) is 0. The minimum Gasteiger partial charge on any atom is -0.354 e. The highest BCUT2D eigenvalue weighted by atomic mass is 19.4. The third kappa shape index (κ3) is 3.44. The van der Waals surface area contributed by atoms with Crippen molar-refractivity contribution in [3.8, 4) is 0 Å². The number of nitrogens with one attached hydrogen (secondary N) is 1. The summed E-state index contributed by atoms with van der Waals surface area (Å²) >= 11 is 0. The molecule has 102 valence electrons. The second-order valence-corrected chi connectivity index (χ2v) is 3.73. The molecule has 0 radical (unpaired) electrons. The molecular formula is C12H16F3NO2. The van der Waals surface area contributed by atoms with Crippen molar-refractivity contribution >= 4 is 0 Å². The van der Waals surface area contributed by atoms with E-state index in [9.17, 15) is 13.2 Å². The average Bonchev–Trinajstić information content (AvgIpc) is 2.35. The molecule has 1 unspecified atom stereocenters. The van der Waals surface area contributed by atoms with Crippen molar-refractivity contribution in [1.82, 2.24) is 5.32 Å². The molecule has 1 atom stereocenters. The largest absolute Gasteiger partial charge is 0.416 e. The van der Waals surface area contributed by atoms with E-state index in [1.54, 1.807) is 7.05 Å². The number of likely N-dealkylation sites (N-methyl/N-ethyl adjacent to an activating group) is 1. The lowest BCUT2D eigenvalue weighted by Gasteiger charge is -2.24. The van der Waals surface area contributed by atoms with Crippen LogP contribution in [0, 0.1) is 0 Å². The Morgan fingerprint density at radius 2 is 1.56 bits per heavy atom. The highest BCUT2D eigenvalue weighted by Gasteiger charge is 2.30. The van der Waals surface area contributed by atoms with E-state index in [0.717, 1.165) is 12.1 Å².